The lowest BCUT2D eigenvalue weighted by Gasteiger charge is -2.14. The molecule has 3 nitrogen and oxygen atoms in total. The minimum atomic E-state index is -0.523. The number of carbonyl (C=O) groups is 1. The molecule has 0 aliphatic carbocycles. The summed E-state index contributed by atoms with van der Waals surface area (Å²) >= 11 is 11.6. The Labute approximate surface area is 98.5 Å². The van der Waals surface area contributed by atoms with Crippen LogP contribution in [0.25, 0.3) is 0 Å². The number of nitrogens with one attached hydrogen (secondary N) is 1. The molecule has 0 heterocycles. The second-order valence-electron chi connectivity index (χ2n) is 3.07. The third kappa shape index (κ3) is 3.09. The van der Waals surface area contributed by atoms with Crippen molar-refractivity contribution in [3.05, 3.63) is 33.8 Å². The summed E-state index contributed by atoms with van der Waals surface area (Å²) in [6.45, 7) is 2.54. The highest BCUT2D eigenvalue weighted by atomic mass is 35.5. The van der Waals surface area contributed by atoms with Crippen LogP contribution in [0, 0.1) is 0 Å². The summed E-state index contributed by atoms with van der Waals surface area (Å²) in [5.41, 5.74) is 5.99. The van der Waals surface area contributed by atoms with Crippen molar-refractivity contribution >= 4 is 29.1 Å². The van der Waals surface area contributed by atoms with Crippen molar-refractivity contribution in [1.29, 1.82) is 0 Å². The van der Waals surface area contributed by atoms with Gasteiger partial charge in [-0.05, 0) is 24.2 Å². The Morgan fingerprint density at radius 3 is 2.60 bits per heavy atom. The first-order valence-electron chi connectivity index (χ1n) is 4.54. The fourth-order valence-electron chi connectivity index (χ4n) is 1.28. The lowest BCUT2D eigenvalue weighted by atomic mass is 10.1. The molecule has 3 N–H and O–H groups in total. The molecular weight excluding hydrogens is 235 g/mol. The number of amides is 1. The van der Waals surface area contributed by atoms with Crippen LogP contribution in [0.3, 0.4) is 0 Å². The number of hydrogen-bond donors (Lipinski definition) is 2. The first kappa shape index (κ1) is 12.3. The maximum absolute atomic E-state index is 11.2. The molecular formula is C10H12Cl2N2O. The van der Waals surface area contributed by atoms with Gasteiger partial charge in [0.1, 0.15) is 6.04 Å². The third-order valence-electron chi connectivity index (χ3n) is 1.97. The Morgan fingerprint density at radius 2 is 2.13 bits per heavy atom. The predicted octanol–water partition coefficient (Wildman–Crippen LogP) is 2.13. The zero-order valence-electron chi connectivity index (χ0n) is 8.26. The van der Waals surface area contributed by atoms with E-state index in [0.717, 1.165) is 5.56 Å². The molecule has 0 radical (unpaired) electrons. The molecule has 1 amide bonds. The summed E-state index contributed by atoms with van der Waals surface area (Å²) in [7, 11) is 0. The summed E-state index contributed by atoms with van der Waals surface area (Å²) in [6.07, 6.45) is 0. The van der Waals surface area contributed by atoms with Crippen molar-refractivity contribution in [1.82, 2.24) is 5.32 Å². The number of carbonyl (C=O) groups excluding carboxylic acids is 1. The molecule has 1 rings (SSSR count). The van der Waals surface area contributed by atoms with Gasteiger partial charge in [-0.3, -0.25) is 4.79 Å². The van der Waals surface area contributed by atoms with Gasteiger partial charge in [0.05, 0.1) is 10.0 Å². The van der Waals surface area contributed by atoms with Gasteiger partial charge in [-0.25, -0.2) is 0 Å². The largest absolute Gasteiger partial charge is 0.368 e. The van der Waals surface area contributed by atoms with E-state index in [4.69, 9.17) is 28.9 Å². The van der Waals surface area contributed by atoms with Crippen LogP contribution < -0.4 is 11.1 Å². The lowest BCUT2D eigenvalue weighted by Crippen LogP contribution is -2.33. The van der Waals surface area contributed by atoms with E-state index in [1.807, 2.05) is 6.92 Å². The van der Waals surface area contributed by atoms with Gasteiger partial charge in [-0.2, -0.15) is 0 Å². The second-order valence-corrected chi connectivity index (χ2v) is 3.88. The number of hydrogen-bond acceptors (Lipinski definition) is 2. The van der Waals surface area contributed by atoms with Crippen molar-refractivity contribution in [3.63, 3.8) is 0 Å². The van der Waals surface area contributed by atoms with Gasteiger partial charge in [0.2, 0.25) is 5.91 Å². The average molecular weight is 247 g/mol. The van der Waals surface area contributed by atoms with Crippen LogP contribution in [-0.4, -0.2) is 12.5 Å². The van der Waals surface area contributed by atoms with Crippen LogP contribution in [0.4, 0.5) is 0 Å². The smallest absolute Gasteiger partial charge is 0.239 e. The average Bonchev–Trinajstić information content (AvgIpc) is 2.18. The van der Waals surface area contributed by atoms with E-state index in [9.17, 15) is 4.79 Å². The lowest BCUT2D eigenvalue weighted by molar-refractivity contribution is -0.120. The van der Waals surface area contributed by atoms with Gasteiger partial charge in [0.15, 0.2) is 0 Å². The minimum Gasteiger partial charge on any atom is -0.368 e. The van der Waals surface area contributed by atoms with Crippen LogP contribution in [-0.2, 0) is 4.79 Å². The number of likely N-dealkylation sites (N-methyl/N-ethyl adjacent to an activating group) is 1. The van der Waals surface area contributed by atoms with Gasteiger partial charge in [-0.15, -0.1) is 0 Å². The van der Waals surface area contributed by atoms with Crippen LogP contribution in [0.1, 0.15) is 18.5 Å². The normalized spacial score (nSPS) is 12.5. The van der Waals surface area contributed by atoms with E-state index >= 15 is 0 Å². The standard InChI is InChI=1S/C10H12Cl2N2O/c1-2-14-9(10(13)15)6-3-4-7(11)8(12)5-6/h3-5,9,14H,2H2,1H3,(H2,13,15). The van der Waals surface area contributed by atoms with E-state index in [1.54, 1.807) is 18.2 Å². The van der Waals surface area contributed by atoms with Crippen LogP contribution in [0.15, 0.2) is 18.2 Å². The highest BCUT2D eigenvalue weighted by Crippen LogP contribution is 2.25. The Bertz CT molecular complexity index is 368. The van der Waals surface area contributed by atoms with Gasteiger partial charge in [0.25, 0.3) is 0 Å². The summed E-state index contributed by atoms with van der Waals surface area (Å²) in [5.74, 6) is -0.435. The number of rotatable bonds is 4. The summed E-state index contributed by atoms with van der Waals surface area (Å²) < 4.78 is 0. The van der Waals surface area contributed by atoms with E-state index in [-0.39, 0.29) is 0 Å². The molecule has 0 aromatic heterocycles. The molecule has 1 aromatic rings. The Morgan fingerprint density at radius 1 is 1.47 bits per heavy atom. The molecule has 0 saturated carbocycles. The van der Waals surface area contributed by atoms with Crippen LogP contribution >= 0.6 is 23.2 Å². The molecule has 0 spiro atoms. The molecule has 1 unspecified atom stereocenters. The highest BCUT2D eigenvalue weighted by molar-refractivity contribution is 6.42. The Hall–Kier alpha value is -0.770. The monoisotopic (exact) mass is 246 g/mol. The molecule has 1 aromatic carbocycles. The number of primary amides is 1. The minimum absolute atomic E-state index is 0.415. The Kier molecular flexibility index (Phi) is 4.39. The van der Waals surface area contributed by atoms with Crippen LogP contribution in [0.5, 0.6) is 0 Å². The quantitative estimate of drug-likeness (QED) is 0.856. The molecule has 0 fully saturated rings. The molecule has 0 bridgehead atoms. The molecule has 0 saturated heterocycles. The van der Waals surface area contributed by atoms with E-state index in [2.05, 4.69) is 5.32 Å². The van der Waals surface area contributed by atoms with E-state index < -0.39 is 11.9 Å². The van der Waals surface area contributed by atoms with Crippen molar-refractivity contribution in [2.24, 2.45) is 5.73 Å². The number of nitrogens with two attached hydrogens (primary N) is 1. The molecule has 15 heavy (non-hydrogen) atoms. The highest BCUT2D eigenvalue weighted by Gasteiger charge is 2.16. The fraction of sp³-hybridized carbons (Fsp3) is 0.300. The predicted molar refractivity (Wildman–Crippen MR) is 62.1 cm³/mol. The summed E-state index contributed by atoms with van der Waals surface area (Å²) in [6, 6.07) is 4.49. The zero-order valence-corrected chi connectivity index (χ0v) is 9.77. The summed E-state index contributed by atoms with van der Waals surface area (Å²) in [5, 5.41) is 3.84. The summed E-state index contributed by atoms with van der Waals surface area (Å²) in [4.78, 5) is 11.2. The first-order valence-corrected chi connectivity index (χ1v) is 5.29. The van der Waals surface area contributed by atoms with Crippen molar-refractivity contribution < 1.29 is 4.79 Å². The SMILES string of the molecule is CCNC(C(N)=O)c1ccc(Cl)c(Cl)c1. The van der Waals surface area contributed by atoms with Gasteiger partial charge in [-0.1, -0.05) is 36.2 Å². The van der Waals surface area contributed by atoms with Crippen LogP contribution in [0.2, 0.25) is 10.0 Å². The molecule has 0 aliphatic rings. The molecule has 0 aliphatic heterocycles. The first-order chi connectivity index (χ1) is 7.06. The maximum Gasteiger partial charge on any atom is 0.239 e. The van der Waals surface area contributed by atoms with Crippen molar-refractivity contribution in [2.75, 3.05) is 6.54 Å². The zero-order chi connectivity index (χ0) is 11.4. The third-order valence-corrected chi connectivity index (χ3v) is 2.71. The number of halogens is 2. The van der Waals surface area contributed by atoms with E-state index in [0.29, 0.717) is 16.6 Å². The van der Waals surface area contributed by atoms with Gasteiger partial charge in [0, 0.05) is 0 Å². The van der Waals surface area contributed by atoms with Crippen molar-refractivity contribution in [2.45, 2.75) is 13.0 Å². The topological polar surface area (TPSA) is 55.1 Å². The maximum atomic E-state index is 11.2. The molecule has 5 heteroatoms. The molecule has 1 atom stereocenters. The fourth-order valence-corrected chi connectivity index (χ4v) is 1.59. The van der Waals surface area contributed by atoms with Crippen molar-refractivity contribution in [3.8, 4) is 0 Å². The number of benzene rings is 1. The van der Waals surface area contributed by atoms with Gasteiger partial charge >= 0.3 is 0 Å². The Balaban J connectivity index is 3.01. The van der Waals surface area contributed by atoms with Gasteiger partial charge < -0.3 is 11.1 Å². The second kappa shape index (κ2) is 5.35. The molecule has 82 valence electrons. The van der Waals surface area contributed by atoms with E-state index in [1.165, 1.54) is 0 Å².